The third kappa shape index (κ3) is 13.2. The minimum Gasteiger partial charge on any atom is -0.480 e. The zero-order valence-corrected chi connectivity index (χ0v) is 21.8. The SMILES string of the molecule is CS(=O)(=O)CCCN1CCN(CC(=O)O)CCN(Cc2cccc(Cl)n2)CCN(CC(=O)O)CC1. The van der Waals surface area contributed by atoms with Crippen molar-refractivity contribution < 1.29 is 28.2 Å². The number of carboxylic acid groups (broad SMARTS) is 2. The summed E-state index contributed by atoms with van der Waals surface area (Å²) in [6, 6.07) is 5.40. The number of hydrogen-bond acceptors (Lipinski definition) is 9. The van der Waals surface area contributed by atoms with Crippen LogP contribution in [0.3, 0.4) is 0 Å². The van der Waals surface area contributed by atoms with Crippen molar-refractivity contribution in [2.45, 2.75) is 13.0 Å². The van der Waals surface area contributed by atoms with Crippen molar-refractivity contribution in [3.05, 3.63) is 29.0 Å². The van der Waals surface area contributed by atoms with E-state index in [1.54, 1.807) is 6.07 Å². The molecule has 198 valence electrons. The minimum atomic E-state index is -3.07. The summed E-state index contributed by atoms with van der Waals surface area (Å²) in [6.45, 7) is 5.21. The van der Waals surface area contributed by atoms with Crippen molar-refractivity contribution in [1.29, 1.82) is 0 Å². The van der Waals surface area contributed by atoms with Crippen LogP contribution in [0.5, 0.6) is 0 Å². The van der Waals surface area contributed by atoms with Gasteiger partial charge in [0.2, 0.25) is 0 Å². The Balaban J connectivity index is 2.14. The summed E-state index contributed by atoms with van der Waals surface area (Å²) >= 11 is 6.03. The van der Waals surface area contributed by atoms with E-state index in [1.165, 1.54) is 6.26 Å². The standard InChI is InChI=1S/C22H36ClN5O6S/c1-35(33,34)15-3-6-25-7-9-27(17-21(29)30)13-11-26(16-19-4-2-5-20(23)24-19)12-14-28(10-8-25)18-22(31)32/h2,4-5H,3,6-18H2,1H3,(H,29,30)(H,31,32). The molecule has 35 heavy (non-hydrogen) atoms. The van der Waals surface area contributed by atoms with E-state index < -0.39 is 21.8 Å². The third-order valence-corrected chi connectivity index (χ3v) is 7.04. The number of halogens is 1. The highest BCUT2D eigenvalue weighted by molar-refractivity contribution is 7.90. The van der Waals surface area contributed by atoms with Gasteiger partial charge in [-0.1, -0.05) is 17.7 Å². The van der Waals surface area contributed by atoms with Gasteiger partial charge in [0.1, 0.15) is 15.0 Å². The van der Waals surface area contributed by atoms with Crippen LogP contribution >= 0.6 is 11.6 Å². The Hall–Kier alpha value is -1.83. The number of aliphatic carboxylic acids is 2. The highest BCUT2D eigenvalue weighted by atomic mass is 35.5. The van der Waals surface area contributed by atoms with Gasteiger partial charge in [0.25, 0.3) is 0 Å². The number of rotatable bonds is 10. The molecule has 1 aromatic heterocycles. The van der Waals surface area contributed by atoms with E-state index in [9.17, 15) is 28.2 Å². The first-order valence-electron chi connectivity index (χ1n) is 11.6. The maximum absolute atomic E-state index is 11.5. The summed E-state index contributed by atoms with van der Waals surface area (Å²) in [5.41, 5.74) is 0.788. The Morgan fingerprint density at radius 3 is 1.83 bits per heavy atom. The summed E-state index contributed by atoms with van der Waals surface area (Å²) < 4.78 is 23.1. The molecule has 0 saturated carbocycles. The molecule has 1 aromatic rings. The van der Waals surface area contributed by atoms with Gasteiger partial charge in [-0.25, -0.2) is 13.4 Å². The van der Waals surface area contributed by atoms with Crippen molar-refractivity contribution in [2.75, 3.05) is 84.0 Å². The number of hydrogen-bond donors (Lipinski definition) is 2. The normalized spacial score (nSPS) is 18.6. The number of aromatic nitrogens is 1. The van der Waals surface area contributed by atoms with Crippen molar-refractivity contribution in [3.63, 3.8) is 0 Å². The maximum Gasteiger partial charge on any atom is 0.317 e. The van der Waals surface area contributed by atoms with Crippen LogP contribution in [0.4, 0.5) is 0 Å². The van der Waals surface area contributed by atoms with E-state index in [0.717, 1.165) is 5.69 Å². The Kier molecular flexibility index (Phi) is 12.3. The quantitative estimate of drug-likeness (QED) is 0.395. The van der Waals surface area contributed by atoms with Gasteiger partial charge in [-0.2, -0.15) is 0 Å². The van der Waals surface area contributed by atoms with Gasteiger partial charge in [0, 0.05) is 65.2 Å². The topological polar surface area (TPSA) is 135 Å². The molecule has 0 spiro atoms. The molecule has 0 aliphatic carbocycles. The van der Waals surface area contributed by atoms with Crippen molar-refractivity contribution in [2.24, 2.45) is 0 Å². The molecule has 1 saturated heterocycles. The molecule has 0 aromatic carbocycles. The van der Waals surface area contributed by atoms with E-state index in [-0.39, 0.29) is 18.8 Å². The van der Waals surface area contributed by atoms with Crippen LogP contribution in [0.1, 0.15) is 12.1 Å². The molecule has 1 fully saturated rings. The lowest BCUT2D eigenvalue weighted by molar-refractivity contribution is -0.139. The van der Waals surface area contributed by atoms with Crippen LogP contribution in [0, 0.1) is 0 Å². The molecule has 11 nitrogen and oxygen atoms in total. The van der Waals surface area contributed by atoms with Crippen molar-refractivity contribution >= 4 is 33.4 Å². The molecule has 13 heteroatoms. The number of nitrogens with zero attached hydrogens (tertiary/aromatic N) is 5. The van der Waals surface area contributed by atoms with Gasteiger partial charge in [-0.05, 0) is 25.1 Å². The van der Waals surface area contributed by atoms with Gasteiger partial charge < -0.3 is 15.1 Å². The first kappa shape index (κ1) is 29.4. The zero-order valence-electron chi connectivity index (χ0n) is 20.2. The average molecular weight is 534 g/mol. The highest BCUT2D eigenvalue weighted by Gasteiger charge is 2.19. The first-order valence-corrected chi connectivity index (χ1v) is 14.1. The van der Waals surface area contributed by atoms with E-state index >= 15 is 0 Å². The average Bonchev–Trinajstić information content (AvgIpc) is 2.73. The molecule has 1 aliphatic rings. The third-order valence-electron chi connectivity index (χ3n) is 5.80. The molecule has 2 heterocycles. The van der Waals surface area contributed by atoms with Crippen LogP contribution in [-0.4, -0.2) is 139 Å². The molecular formula is C22H36ClN5O6S. The summed E-state index contributed by atoms with van der Waals surface area (Å²) in [6.07, 6.45) is 1.67. The second-order valence-corrected chi connectivity index (χ2v) is 11.5. The molecule has 2 N–H and O–H groups in total. The van der Waals surface area contributed by atoms with E-state index in [2.05, 4.69) is 14.8 Å². The second-order valence-electron chi connectivity index (χ2n) is 8.89. The fourth-order valence-electron chi connectivity index (χ4n) is 3.98. The Morgan fingerprint density at radius 2 is 1.37 bits per heavy atom. The number of sulfone groups is 1. The van der Waals surface area contributed by atoms with E-state index in [4.69, 9.17) is 11.6 Å². The smallest absolute Gasteiger partial charge is 0.317 e. The molecule has 0 amide bonds. The molecule has 0 bridgehead atoms. The summed E-state index contributed by atoms with van der Waals surface area (Å²) in [4.78, 5) is 35.2. The van der Waals surface area contributed by atoms with Gasteiger partial charge in [0.05, 0.1) is 24.5 Å². The Labute approximate surface area is 212 Å². The Bertz CT molecular complexity index is 903. The summed E-state index contributed by atoms with van der Waals surface area (Å²) in [7, 11) is -3.07. The predicted molar refractivity (Wildman–Crippen MR) is 133 cm³/mol. The fraction of sp³-hybridized carbons (Fsp3) is 0.682. The van der Waals surface area contributed by atoms with Crippen LogP contribution in [-0.2, 0) is 26.0 Å². The minimum absolute atomic E-state index is 0.0771. The maximum atomic E-state index is 11.5. The van der Waals surface area contributed by atoms with Gasteiger partial charge >= 0.3 is 11.9 Å². The summed E-state index contributed by atoms with van der Waals surface area (Å²) in [5, 5.41) is 19.2. The molecule has 0 atom stereocenters. The summed E-state index contributed by atoms with van der Waals surface area (Å²) in [5.74, 6) is -1.74. The van der Waals surface area contributed by atoms with Crippen LogP contribution < -0.4 is 0 Å². The lowest BCUT2D eigenvalue weighted by atomic mass is 10.3. The first-order chi connectivity index (χ1) is 16.5. The number of carboxylic acids is 2. The number of pyridine rings is 1. The van der Waals surface area contributed by atoms with Crippen molar-refractivity contribution in [1.82, 2.24) is 24.6 Å². The molecule has 2 rings (SSSR count). The monoisotopic (exact) mass is 533 g/mol. The lowest BCUT2D eigenvalue weighted by Crippen LogP contribution is -2.47. The van der Waals surface area contributed by atoms with Crippen LogP contribution in [0.25, 0.3) is 0 Å². The van der Waals surface area contributed by atoms with Crippen molar-refractivity contribution in [3.8, 4) is 0 Å². The number of carbonyl (C=O) groups is 2. The lowest BCUT2D eigenvalue weighted by Gasteiger charge is -2.33. The molecule has 0 unspecified atom stereocenters. The fourth-order valence-corrected chi connectivity index (χ4v) is 4.81. The highest BCUT2D eigenvalue weighted by Crippen LogP contribution is 2.09. The molecule has 1 aliphatic heterocycles. The van der Waals surface area contributed by atoms with Crippen LogP contribution in [0.2, 0.25) is 5.15 Å². The largest absolute Gasteiger partial charge is 0.480 e. The van der Waals surface area contributed by atoms with Crippen LogP contribution in [0.15, 0.2) is 18.2 Å². The zero-order chi connectivity index (χ0) is 25.8. The second kappa shape index (κ2) is 14.7. The Morgan fingerprint density at radius 1 is 0.886 bits per heavy atom. The van der Waals surface area contributed by atoms with Gasteiger partial charge in [0.15, 0.2) is 0 Å². The van der Waals surface area contributed by atoms with E-state index in [0.29, 0.717) is 77.0 Å². The molecular weight excluding hydrogens is 498 g/mol. The van der Waals surface area contributed by atoms with Gasteiger partial charge in [-0.15, -0.1) is 0 Å². The van der Waals surface area contributed by atoms with E-state index in [1.807, 2.05) is 21.9 Å². The molecule has 0 radical (unpaired) electrons. The predicted octanol–water partition coefficient (Wildman–Crippen LogP) is 0.0605. The van der Waals surface area contributed by atoms with Gasteiger partial charge in [-0.3, -0.25) is 24.3 Å².